The summed E-state index contributed by atoms with van der Waals surface area (Å²) in [5, 5.41) is 0. The second kappa shape index (κ2) is 18.0. The van der Waals surface area contributed by atoms with Crippen LogP contribution >= 0.6 is 0 Å². The summed E-state index contributed by atoms with van der Waals surface area (Å²) in [5.41, 5.74) is 2.82. The maximum atomic E-state index is 2.93. The van der Waals surface area contributed by atoms with Crippen molar-refractivity contribution in [2.45, 2.75) is 251 Å². The quantitative estimate of drug-likeness (QED) is 0.192. The summed E-state index contributed by atoms with van der Waals surface area (Å²) in [6.07, 6.45) is 41.6. The van der Waals surface area contributed by atoms with Crippen LogP contribution < -0.4 is 0 Å². The van der Waals surface area contributed by atoms with Crippen molar-refractivity contribution < 1.29 is 0 Å². The second-order valence-corrected chi connectivity index (χ2v) is 30.4. The Bertz CT molecular complexity index is 1300. The predicted octanol–water partition coefficient (Wildman–Crippen LogP) is 19.1. The standard InChI is InChI=1S/C62H108/c1-57(2,3)43-27-31-47-48-32-28-44(58(4,5)6)38-52(48)55(51(47)37-43)61(13,41-23-17-18-24-41)35-21-15-16-22-36-62(14,42-25-19-20-26-42)56-53-39-45(59(7,8)9)29-33-49(53)50-34-30-46(40-54(50)56)60(10,11)12/h15-16,41-56H,17-40H2,1-14H3. The Morgan fingerprint density at radius 1 is 0.290 bits per heavy atom. The van der Waals surface area contributed by atoms with E-state index in [9.17, 15) is 0 Å². The van der Waals surface area contributed by atoms with Crippen LogP contribution in [0.5, 0.6) is 0 Å². The summed E-state index contributed by atoms with van der Waals surface area (Å²) in [5.74, 6) is 15.5. The van der Waals surface area contributed by atoms with Crippen LogP contribution in [0.2, 0.25) is 0 Å². The van der Waals surface area contributed by atoms with Gasteiger partial charge in [0.2, 0.25) is 0 Å². The Labute approximate surface area is 388 Å². The van der Waals surface area contributed by atoms with Gasteiger partial charge in [-0.15, -0.1) is 0 Å². The smallest absolute Gasteiger partial charge is 0.0261 e. The van der Waals surface area contributed by atoms with Gasteiger partial charge in [-0.1, -0.05) is 135 Å². The maximum Gasteiger partial charge on any atom is -0.0261 e. The number of fused-ring (bicyclic) bond motifs is 6. The molecular weight excluding hydrogens is 745 g/mol. The van der Waals surface area contributed by atoms with Gasteiger partial charge in [0, 0.05) is 0 Å². The van der Waals surface area contributed by atoms with Gasteiger partial charge in [-0.3, -0.25) is 0 Å². The fraction of sp³-hybridized carbons (Fsp3) is 0.968. The molecule has 8 saturated carbocycles. The molecule has 0 heteroatoms. The molecule has 0 heterocycles. The fourth-order valence-electron chi connectivity index (χ4n) is 19.9. The third-order valence-electron chi connectivity index (χ3n) is 23.6. The lowest BCUT2D eigenvalue weighted by Crippen LogP contribution is -2.44. The van der Waals surface area contributed by atoms with Crippen molar-refractivity contribution in [3.05, 3.63) is 12.2 Å². The zero-order valence-corrected chi connectivity index (χ0v) is 44.4. The molecule has 0 aromatic heterocycles. The molecule has 0 amide bonds. The van der Waals surface area contributed by atoms with E-state index in [2.05, 4.69) is 109 Å². The van der Waals surface area contributed by atoms with Crippen LogP contribution in [-0.4, -0.2) is 0 Å². The van der Waals surface area contributed by atoms with Crippen LogP contribution in [0.3, 0.4) is 0 Å². The summed E-state index contributed by atoms with van der Waals surface area (Å²) in [6, 6.07) is 0. The van der Waals surface area contributed by atoms with Crippen LogP contribution in [0.25, 0.3) is 0 Å². The number of rotatable bonds is 10. The molecule has 0 radical (unpaired) electrons. The van der Waals surface area contributed by atoms with E-state index in [-0.39, 0.29) is 0 Å². The molecule has 8 rings (SSSR count). The van der Waals surface area contributed by atoms with Crippen LogP contribution in [0, 0.1) is 127 Å². The first kappa shape index (κ1) is 48.2. The number of hydrogen-bond acceptors (Lipinski definition) is 0. The highest BCUT2D eigenvalue weighted by Gasteiger charge is 2.62. The Kier molecular flexibility index (Phi) is 14.0. The first-order chi connectivity index (χ1) is 29.0. The summed E-state index contributed by atoms with van der Waals surface area (Å²) in [4.78, 5) is 0. The lowest BCUT2D eigenvalue weighted by atomic mass is 9.54. The molecule has 0 nitrogen and oxygen atoms in total. The molecule has 14 unspecified atom stereocenters. The van der Waals surface area contributed by atoms with Crippen molar-refractivity contribution >= 4 is 0 Å². The van der Waals surface area contributed by atoms with Crippen molar-refractivity contribution in [2.24, 2.45) is 127 Å². The first-order valence-electron chi connectivity index (χ1n) is 28.7. The van der Waals surface area contributed by atoms with E-state index in [0.717, 1.165) is 94.7 Å². The van der Waals surface area contributed by atoms with E-state index in [4.69, 9.17) is 0 Å². The van der Waals surface area contributed by atoms with Crippen molar-refractivity contribution in [1.29, 1.82) is 0 Å². The van der Waals surface area contributed by atoms with Crippen LogP contribution in [0.15, 0.2) is 12.2 Å². The van der Waals surface area contributed by atoms with Crippen molar-refractivity contribution in [3.8, 4) is 0 Å². The Morgan fingerprint density at radius 3 is 0.758 bits per heavy atom. The number of allylic oxidation sites excluding steroid dienone is 2. The van der Waals surface area contributed by atoms with Gasteiger partial charge in [0.25, 0.3) is 0 Å². The van der Waals surface area contributed by atoms with E-state index >= 15 is 0 Å². The molecule has 0 aromatic rings. The molecule has 0 aliphatic heterocycles. The molecule has 356 valence electrons. The predicted molar refractivity (Wildman–Crippen MR) is 270 cm³/mol. The molecule has 0 aromatic carbocycles. The summed E-state index contributed by atoms with van der Waals surface area (Å²) < 4.78 is 0. The maximum absolute atomic E-state index is 2.93. The monoisotopic (exact) mass is 853 g/mol. The topological polar surface area (TPSA) is 0 Å². The second-order valence-electron chi connectivity index (χ2n) is 30.4. The normalized spacial score (nSPS) is 42.0. The van der Waals surface area contributed by atoms with Gasteiger partial charge < -0.3 is 0 Å². The highest BCUT2D eigenvalue weighted by Crippen LogP contribution is 2.70. The highest BCUT2D eigenvalue weighted by atomic mass is 14.7. The SMILES string of the molecule is CC(C)(C)C1CCC2C3CCC(C(C)(C)C)CC3C(C(C)(CCC=CCCC(C)(C3CCCC3)C3C4CC(C(C)(C)C)CCC4C4CCC(C(C)(C)C)CC43)C3CCCC3)C2C1. The molecular formula is C62H108. The Balaban J connectivity index is 1.03. The van der Waals surface area contributed by atoms with E-state index in [1.807, 2.05) is 0 Å². The summed E-state index contributed by atoms with van der Waals surface area (Å²) >= 11 is 0. The van der Waals surface area contributed by atoms with Crippen molar-refractivity contribution in [3.63, 3.8) is 0 Å². The highest BCUT2D eigenvalue weighted by molar-refractivity contribution is 5.12. The molecule has 8 aliphatic rings. The van der Waals surface area contributed by atoms with Gasteiger partial charge in [-0.2, -0.15) is 0 Å². The van der Waals surface area contributed by atoms with Gasteiger partial charge in [-0.25, -0.2) is 0 Å². The molecule has 14 atom stereocenters. The average Bonchev–Trinajstić information content (AvgIpc) is 4.03. The minimum absolute atomic E-state index is 0.452. The van der Waals surface area contributed by atoms with Crippen molar-refractivity contribution in [2.75, 3.05) is 0 Å². The van der Waals surface area contributed by atoms with E-state index in [1.165, 1.54) is 103 Å². The van der Waals surface area contributed by atoms with E-state index in [0.29, 0.717) is 32.5 Å². The number of hydrogen-bond donors (Lipinski definition) is 0. The zero-order chi connectivity index (χ0) is 44.6. The minimum Gasteiger partial charge on any atom is -0.0885 e. The lowest BCUT2D eigenvalue weighted by molar-refractivity contribution is -0.0182. The lowest BCUT2D eigenvalue weighted by Gasteiger charge is -2.51. The summed E-state index contributed by atoms with van der Waals surface area (Å²) in [6.45, 7) is 36.9. The third-order valence-corrected chi connectivity index (χ3v) is 23.6. The third kappa shape index (κ3) is 9.32. The van der Waals surface area contributed by atoms with Crippen LogP contribution in [0.4, 0.5) is 0 Å². The molecule has 62 heavy (non-hydrogen) atoms. The van der Waals surface area contributed by atoms with Gasteiger partial charge in [0.15, 0.2) is 0 Å². The average molecular weight is 854 g/mol. The van der Waals surface area contributed by atoms with Gasteiger partial charge >= 0.3 is 0 Å². The van der Waals surface area contributed by atoms with Gasteiger partial charge in [0.05, 0.1) is 0 Å². The van der Waals surface area contributed by atoms with Gasteiger partial charge in [0.1, 0.15) is 0 Å². The van der Waals surface area contributed by atoms with E-state index in [1.54, 1.807) is 51.4 Å². The molecule has 8 fully saturated rings. The van der Waals surface area contributed by atoms with Crippen molar-refractivity contribution in [1.82, 2.24) is 0 Å². The van der Waals surface area contributed by atoms with E-state index < -0.39 is 0 Å². The molecule has 8 aliphatic carbocycles. The fourth-order valence-corrected chi connectivity index (χ4v) is 19.9. The zero-order valence-electron chi connectivity index (χ0n) is 44.4. The Morgan fingerprint density at radius 2 is 0.532 bits per heavy atom. The Hall–Kier alpha value is -0.260. The minimum atomic E-state index is 0.452. The largest absolute Gasteiger partial charge is 0.0885 e. The molecule has 0 saturated heterocycles. The van der Waals surface area contributed by atoms with Crippen LogP contribution in [0.1, 0.15) is 251 Å². The van der Waals surface area contributed by atoms with Crippen LogP contribution in [-0.2, 0) is 0 Å². The molecule has 0 N–H and O–H groups in total. The molecule has 0 spiro atoms. The molecule has 0 bridgehead atoms. The summed E-state index contributed by atoms with van der Waals surface area (Å²) in [7, 11) is 0. The van der Waals surface area contributed by atoms with Gasteiger partial charge in [-0.05, 0) is 256 Å². The first-order valence-corrected chi connectivity index (χ1v) is 28.7.